The van der Waals surface area contributed by atoms with Crippen LogP contribution in [0.15, 0.2) is 228 Å². The third kappa shape index (κ3) is 18.6. The minimum atomic E-state index is -3.76. The van der Waals surface area contributed by atoms with Gasteiger partial charge in [-0.15, -0.1) is 0 Å². The average molecular weight is 1270 g/mol. The fourth-order valence-electron chi connectivity index (χ4n) is 8.07. The number of aryl methyl sites for hydroxylation is 2. The summed E-state index contributed by atoms with van der Waals surface area (Å²) in [4.78, 5) is 0.472. The molecule has 0 aliphatic rings. The van der Waals surface area contributed by atoms with Crippen LogP contribution in [0.25, 0.3) is 0 Å². The van der Waals surface area contributed by atoms with Gasteiger partial charge in [0.2, 0.25) is 20.0 Å². The Balaban J connectivity index is 0.000000207. The summed E-state index contributed by atoms with van der Waals surface area (Å²) < 4.78 is 70.8. The minimum absolute atomic E-state index is 0.221. The molecule has 8 aromatic rings. The van der Waals surface area contributed by atoms with Gasteiger partial charge in [-0.2, -0.15) is 0 Å². The number of aliphatic hydroxyl groups is 1. The van der Waals surface area contributed by atoms with Gasteiger partial charge in [0.1, 0.15) is 11.5 Å². The van der Waals surface area contributed by atoms with Gasteiger partial charge in [-0.3, -0.25) is 0 Å². The van der Waals surface area contributed by atoms with E-state index in [1.165, 1.54) is 11.1 Å². The van der Waals surface area contributed by atoms with Crippen LogP contribution in [0.3, 0.4) is 0 Å². The van der Waals surface area contributed by atoms with Crippen molar-refractivity contribution >= 4 is 65.2 Å². The molecule has 0 bridgehead atoms. The maximum Gasteiger partial charge on any atom is 0.241 e. The number of nitrogens with two attached hydrogens (primary N) is 1. The largest absolute Gasteiger partial charge is 0.497 e. The lowest BCUT2D eigenvalue weighted by Crippen LogP contribution is -2.39. The first-order valence-electron chi connectivity index (χ1n) is 24.4. The summed E-state index contributed by atoms with van der Waals surface area (Å²) in [6.45, 7) is 0.978. The fourth-order valence-corrected chi connectivity index (χ4v) is 11.3. The molecule has 0 saturated carbocycles. The molecule has 0 aromatic heterocycles. The van der Waals surface area contributed by atoms with Gasteiger partial charge in [0.15, 0.2) is 0 Å². The molecule has 15 heteroatoms. The van der Waals surface area contributed by atoms with Crippen molar-refractivity contribution in [2.24, 2.45) is 5.73 Å². The molecule has 0 heterocycles. The Labute approximate surface area is 470 Å². The number of ether oxygens (including phenoxy) is 2. The molecule has 0 unspecified atom stereocenters. The Morgan fingerprint density at radius 2 is 0.800 bits per heavy atom. The van der Waals surface area contributed by atoms with E-state index in [9.17, 15) is 16.8 Å². The smallest absolute Gasteiger partial charge is 0.241 e. The Hall–Kier alpha value is -5.48. The molecule has 0 aliphatic carbocycles. The lowest BCUT2D eigenvalue weighted by molar-refractivity contribution is 0.288. The van der Waals surface area contributed by atoms with Crippen molar-refractivity contribution in [2.45, 2.75) is 59.6 Å². The molecule has 75 heavy (non-hydrogen) atoms. The first kappa shape index (κ1) is 58.8. The number of benzene rings is 8. The number of nitrogens with one attached hydrogen (secondary N) is 3. The van der Waals surface area contributed by atoms with Crippen LogP contribution in [0.4, 0.5) is 0 Å². The maximum absolute atomic E-state index is 13.5. The highest BCUT2D eigenvalue weighted by atomic mass is 127. The van der Waals surface area contributed by atoms with Crippen LogP contribution in [0, 0.1) is 7.14 Å². The van der Waals surface area contributed by atoms with E-state index < -0.39 is 38.2 Å². The molecule has 8 aromatic carbocycles. The number of hydrogen-bond acceptors (Lipinski definition) is 9. The van der Waals surface area contributed by atoms with Crippen molar-refractivity contribution in [1.82, 2.24) is 14.8 Å². The van der Waals surface area contributed by atoms with Crippen molar-refractivity contribution in [3.63, 3.8) is 0 Å². The topological polar surface area (TPSA) is 169 Å². The van der Waals surface area contributed by atoms with Crippen molar-refractivity contribution in [3.05, 3.63) is 259 Å². The first-order chi connectivity index (χ1) is 36.3. The summed E-state index contributed by atoms with van der Waals surface area (Å²) in [5.74, 6) is 1.72. The molecule has 8 rings (SSSR count). The van der Waals surface area contributed by atoms with E-state index in [2.05, 4.69) is 72.1 Å². The lowest BCUT2D eigenvalue weighted by atomic mass is 9.94. The predicted molar refractivity (Wildman–Crippen MR) is 318 cm³/mol. The van der Waals surface area contributed by atoms with Crippen LogP contribution in [0.5, 0.6) is 11.5 Å². The van der Waals surface area contributed by atoms with E-state index in [0.29, 0.717) is 0 Å². The second-order valence-electron chi connectivity index (χ2n) is 17.3. The average Bonchev–Trinajstić information content (AvgIpc) is 3.45. The highest BCUT2D eigenvalue weighted by Gasteiger charge is 2.30. The second kappa shape index (κ2) is 30.3. The first-order valence-corrected chi connectivity index (χ1v) is 29.5. The van der Waals surface area contributed by atoms with Gasteiger partial charge in [-0.25, -0.2) is 26.3 Å². The van der Waals surface area contributed by atoms with Crippen LogP contribution in [-0.4, -0.2) is 49.3 Å². The van der Waals surface area contributed by atoms with Gasteiger partial charge in [0, 0.05) is 13.7 Å². The molecule has 0 spiro atoms. The highest BCUT2D eigenvalue weighted by molar-refractivity contribution is 14.1. The predicted octanol–water partition coefficient (Wildman–Crippen LogP) is 11.9. The molecule has 0 amide bonds. The van der Waals surface area contributed by atoms with Gasteiger partial charge in [-0.1, -0.05) is 146 Å². The van der Waals surface area contributed by atoms with E-state index in [4.69, 9.17) is 20.3 Å². The monoisotopic (exact) mass is 1270 g/mol. The van der Waals surface area contributed by atoms with Crippen LogP contribution in [-0.2, 0) is 32.9 Å². The van der Waals surface area contributed by atoms with E-state index in [1.807, 2.05) is 158 Å². The number of hydrogen-bond donors (Lipinski definition) is 5. The Bertz CT molecular complexity index is 3110. The van der Waals surface area contributed by atoms with Gasteiger partial charge >= 0.3 is 0 Å². The fraction of sp³-hybridized carbons (Fsp3) is 0.200. The minimum Gasteiger partial charge on any atom is -0.497 e. The summed E-state index contributed by atoms with van der Waals surface area (Å²) in [5.41, 5.74) is 12.5. The molecular weight excluding hydrogens is 1210 g/mol. The van der Waals surface area contributed by atoms with Crippen molar-refractivity contribution in [3.8, 4) is 11.5 Å². The van der Waals surface area contributed by atoms with E-state index >= 15 is 0 Å². The summed E-state index contributed by atoms with van der Waals surface area (Å²) in [6.07, 6.45) is 3.57. The molecule has 11 nitrogen and oxygen atoms in total. The second-order valence-corrected chi connectivity index (χ2v) is 23.3. The zero-order chi connectivity index (χ0) is 53.5. The van der Waals surface area contributed by atoms with Gasteiger partial charge in [0.25, 0.3) is 0 Å². The lowest BCUT2D eigenvalue weighted by Gasteiger charge is -2.30. The van der Waals surface area contributed by atoms with Crippen LogP contribution >= 0.6 is 45.2 Å². The standard InChI is InChI=1S/C30H31IN2O3S.C20H19IN2O2S.C10H14O2/c1-36-27-18-14-23(15-19-27)9-8-22-32-29(24-10-4-2-5-11-24)30(25-12-6-3-7-13-25)33-37(34,35)28-20-16-26(31)17-21-28;21-17-11-13-18(14-12-17)26(24,25)23-20(16-9-5-2-6-10-16)19(22)15-7-3-1-4-8-15;1-12-10-6-4-9(5-7-10)3-2-8-11/h2-7,10-21,29-30,32-33H,8-9,22H2,1H3;1-14,19-20,23H,22H2;4-7,11H,2-3,8H2,1H3/t29-,30-;19-,20-;/m11./s1. The van der Waals surface area contributed by atoms with Crippen LogP contribution < -0.4 is 30.0 Å². The molecule has 4 atom stereocenters. The quantitative estimate of drug-likeness (QED) is 0.0328. The van der Waals surface area contributed by atoms with Crippen molar-refractivity contribution in [2.75, 3.05) is 27.4 Å². The summed E-state index contributed by atoms with van der Waals surface area (Å²) in [5, 5.41) is 12.3. The summed E-state index contributed by atoms with van der Waals surface area (Å²) >= 11 is 4.32. The maximum atomic E-state index is 13.5. The van der Waals surface area contributed by atoms with Gasteiger partial charge in [0.05, 0.1) is 48.2 Å². The van der Waals surface area contributed by atoms with Gasteiger partial charge in [-0.05, 0) is 184 Å². The normalized spacial score (nSPS) is 12.9. The third-order valence-corrected chi connectivity index (χ3v) is 16.5. The molecule has 392 valence electrons. The van der Waals surface area contributed by atoms with E-state index in [1.54, 1.807) is 62.8 Å². The summed E-state index contributed by atoms with van der Waals surface area (Å²) in [6, 6.07) is 66.4. The van der Waals surface area contributed by atoms with Crippen molar-refractivity contribution < 1.29 is 31.4 Å². The van der Waals surface area contributed by atoms with E-state index in [0.717, 1.165) is 73.1 Å². The molecular formula is C60H64I2N4O7S2. The number of sulfonamides is 2. The van der Waals surface area contributed by atoms with Crippen LogP contribution in [0.1, 0.15) is 70.4 Å². The Morgan fingerprint density at radius 3 is 1.19 bits per heavy atom. The Morgan fingerprint density at radius 1 is 0.453 bits per heavy atom. The third-order valence-electron chi connectivity index (χ3n) is 12.1. The highest BCUT2D eigenvalue weighted by Crippen LogP contribution is 2.32. The SMILES string of the molecule is COc1ccc(CCCN[C@H](c2ccccc2)[C@H](NS(=O)(=O)c2ccc(I)cc2)c2ccccc2)cc1.COc1ccc(CCCO)cc1.N[C@H](c1ccccc1)[C@H](NS(=O)(=O)c1ccc(I)cc1)c1ccccc1. The number of halogens is 2. The van der Waals surface area contributed by atoms with Crippen molar-refractivity contribution in [1.29, 1.82) is 0 Å². The molecule has 6 N–H and O–H groups in total. The molecule has 0 radical (unpaired) electrons. The summed E-state index contributed by atoms with van der Waals surface area (Å²) in [7, 11) is -4.15. The molecule has 0 saturated heterocycles. The number of aliphatic hydroxyl groups excluding tert-OH is 1. The number of rotatable bonds is 22. The number of methoxy groups -OCH3 is 2. The zero-order valence-corrected chi connectivity index (χ0v) is 47.8. The van der Waals surface area contributed by atoms with Crippen LogP contribution in [0.2, 0.25) is 0 Å². The molecule has 0 aliphatic heterocycles. The van der Waals surface area contributed by atoms with Gasteiger partial charge < -0.3 is 25.6 Å². The van der Waals surface area contributed by atoms with E-state index in [-0.39, 0.29) is 22.4 Å². The molecule has 0 fully saturated rings. The Kier molecular flexibility index (Phi) is 23.8. The zero-order valence-electron chi connectivity index (χ0n) is 41.9.